The molecule has 1 aliphatic heterocycles. The van der Waals surface area contributed by atoms with Crippen LogP contribution < -0.4 is 15.4 Å². The van der Waals surface area contributed by atoms with Crippen LogP contribution in [0.15, 0.2) is 66.7 Å². The van der Waals surface area contributed by atoms with E-state index in [-0.39, 0.29) is 35.5 Å². The Balaban J connectivity index is 1.38. The Hall–Kier alpha value is -3.61. The Kier molecular flexibility index (Phi) is 5.62. The molecule has 1 saturated heterocycles. The van der Waals surface area contributed by atoms with Gasteiger partial charge >= 0.3 is 6.03 Å². The molecular weight excluding hydrogens is 418 g/mol. The molecule has 6 rings (SSSR count). The number of methoxy groups -OCH3 is 1. The van der Waals surface area contributed by atoms with Crippen molar-refractivity contribution in [2.75, 3.05) is 12.4 Å². The Labute approximate surface area is 192 Å². The van der Waals surface area contributed by atoms with Crippen LogP contribution in [0.4, 0.5) is 10.5 Å². The molecule has 0 unspecified atom stereocenters. The number of urea groups is 1. The number of fused-ring (bicyclic) bond motifs is 1. The number of nitrogens with one attached hydrogen (secondary N) is 2. The molecule has 2 aromatic rings. The fraction of sp³-hybridized carbons (Fsp3) is 0.346. The molecule has 33 heavy (non-hydrogen) atoms. The minimum Gasteiger partial charge on any atom is -0.497 e. The van der Waals surface area contributed by atoms with E-state index >= 15 is 0 Å². The lowest BCUT2D eigenvalue weighted by Crippen LogP contribution is -2.53. The van der Waals surface area contributed by atoms with E-state index in [1.54, 1.807) is 31.4 Å². The van der Waals surface area contributed by atoms with E-state index in [0.717, 1.165) is 18.4 Å². The van der Waals surface area contributed by atoms with E-state index in [1.165, 1.54) is 4.90 Å². The summed E-state index contributed by atoms with van der Waals surface area (Å²) >= 11 is 0. The van der Waals surface area contributed by atoms with Gasteiger partial charge in [0.25, 0.3) is 0 Å². The summed E-state index contributed by atoms with van der Waals surface area (Å²) in [4.78, 5) is 41.1. The largest absolute Gasteiger partial charge is 0.497 e. The minimum absolute atomic E-state index is 0.104. The Bertz CT molecular complexity index is 1050. The van der Waals surface area contributed by atoms with Gasteiger partial charge in [0.05, 0.1) is 18.9 Å². The van der Waals surface area contributed by atoms with Gasteiger partial charge in [-0.1, -0.05) is 42.5 Å². The van der Waals surface area contributed by atoms with Gasteiger partial charge in [0.2, 0.25) is 11.8 Å². The number of nitrogens with zero attached hydrogens (tertiary/aromatic N) is 1. The normalized spacial score (nSPS) is 26.2. The molecule has 5 atom stereocenters. The number of hydrogen-bond donors (Lipinski definition) is 2. The highest BCUT2D eigenvalue weighted by Gasteiger charge is 2.58. The first-order valence-corrected chi connectivity index (χ1v) is 11.4. The monoisotopic (exact) mass is 445 g/mol. The van der Waals surface area contributed by atoms with Gasteiger partial charge in [-0.05, 0) is 54.5 Å². The van der Waals surface area contributed by atoms with Crippen LogP contribution in [-0.4, -0.2) is 36.0 Å². The van der Waals surface area contributed by atoms with Crippen LogP contribution in [0.5, 0.6) is 5.75 Å². The van der Waals surface area contributed by atoms with Gasteiger partial charge in [0, 0.05) is 12.1 Å². The highest BCUT2D eigenvalue weighted by molar-refractivity contribution is 6.06. The number of allylic oxidation sites excluding steroid dienone is 2. The summed E-state index contributed by atoms with van der Waals surface area (Å²) in [7, 11) is 1.58. The molecule has 0 spiro atoms. The number of rotatable bonds is 6. The predicted molar refractivity (Wildman–Crippen MR) is 123 cm³/mol. The van der Waals surface area contributed by atoms with Crippen molar-refractivity contribution in [3.05, 3.63) is 72.3 Å². The maximum atomic E-state index is 13.5. The molecule has 7 heteroatoms. The lowest BCUT2D eigenvalue weighted by atomic mass is 9.63. The van der Waals surface area contributed by atoms with Gasteiger partial charge < -0.3 is 15.4 Å². The van der Waals surface area contributed by atoms with E-state index in [2.05, 4.69) is 22.8 Å². The predicted octanol–water partition coefficient (Wildman–Crippen LogP) is 3.58. The summed E-state index contributed by atoms with van der Waals surface area (Å²) < 4.78 is 5.15. The van der Waals surface area contributed by atoms with Crippen molar-refractivity contribution < 1.29 is 19.1 Å². The van der Waals surface area contributed by atoms with E-state index in [0.29, 0.717) is 17.9 Å². The number of anilines is 1. The molecule has 170 valence electrons. The van der Waals surface area contributed by atoms with E-state index in [9.17, 15) is 14.4 Å². The SMILES string of the molecule is COc1ccc(NC(=O)N[C@H](Cc2ccccc2)N2C(=O)[C@@H]3[C@H](C2=O)[C@H]2C=C[C@H]3CC2)cc1. The maximum absolute atomic E-state index is 13.5. The molecule has 3 aliphatic carbocycles. The fourth-order valence-electron chi connectivity index (χ4n) is 5.44. The summed E-state index contributed by atoms with van der Waals surface area (Å²) in [6.45, 7) is 0. The topological polar surface area (TPSA) is 87.7 Å². The lowest BCUT2D eigenvalue weighted by molar-refractivity contribution is -0.143. The first-order valence-electron chi connectivity index (χ1n) is 11.4. The molecule has 4 amide bonds. The van der Waals surface area contributed by atoms with E-state index in [4.69, 9.17) is 4.74 Å². The number of hydrogen-bond acceptors (Lipinski definition) is 4. The van der Waals surface area contributed by atoms with E-state index in [1.807, 2.05) is 30.3 Å². The Morgan fingerprint density at radius 3 is 2.12 bits per heavy atom. The van der Waals surface area contributed by atoms with Crippen LogP contribution in [0.1, 0.15) is 18.4 Å². The zero-order chi connectivity index (χ0) is 22.9. The Morgan fingerprint density at radius 2 is 1.58 bits per heavy atom. The molecule has 2 aromatic carbocycles. The number of carbonyl (C=O) groups is 3. The molecule has 0 aromatic heterocycles. The van der Waals surface area contributed by atoms with Crippen molar-refractivity contribution in [3.63, 3.8) is 0 Å². The fourth-order valence-corrected chi connectivity index (χ4v) is 5.44. The second-order valence-electron chi connectivity index (χ2n) is 8.92. The van der Waals surface area contributed by atoms with Crippen LogP contribution >= 0.6 is 0 Å². The molecule has 2 N–H and O–H groups in total. The number of imide groups is 1. The smallest absolute Gasteiger partial charge is 0.320 e. The molecule has 0 radical (unpaired) electrons. The first kappa shape index (κ1) is 21.2. The van der Waals surface area contributed by atoms with Crippen molar-refractivity contribution in [1.82, 2.24) is 10.2 Å². The van der Waals surface area contributed by atoms with Crippen molar-refractivity contribution in [2.24, 2.45) is 23.7 Å². The third-order valence-corrected chi connectivity index (χ3v) is 7.02. The quantitative estimate of drug-likeness (QED) is 0.526. The second kappa shape index (κ2) is 8.73. The summed E-state index contributed by atoms with van der Waals surface area (Å²) in [5.41, 5.74) is 1.52. The van der Waals surface area contributed by atoms with Crippen LogP contribution in [0.25, 0.3) is 0 Å². The van der Waals surface area contributed by atoms with Crippen molar-refractivity contribution in [1.29, 1.82) is 0 Å². The molecule has 1 saturated carbocycles. The molecule has 2 fully saturated rings. The van der Waals surface area contributed by atoms with Crippen molar-refractivity contribution in [2.45, 2.75) is 25.4 Å². The molecule has 2 bridgehead atoms. The van der Waals surface area contributed by atoms with Crippen LogP contribution in [0, 0.1) is 23.7 Å². The third-order valence-electron chi connectivity index (χ3n) is 7.02. The zero-order valence-electron chi connectivity index (χ0n) is 18.4. The zero-order valence-corrected chi connectivity index (χ0v) is 18.4. The summed E-state index contributed by atoms with van der Waals surface area (Å²) in [5.74, 6) is -0.0812. The van der Waals surface area contributed by atoms with Crippen LogP contribution in [-0.2, 0) is 16.0 Å². The number of benzene rings is 2. The van der Waals surface area contributed by atoms with Crippen LogP contribution in [0.2, 0.25) is 0 Å². The van der Waals surface area contributed by atoms with Crippen molar-refractivity contribution >= 4 is 23.5 Å². The Morgan fingerprint density at radius 1 is 0.970 bits per heavy atom. The van der Waals surface area contributed by atoms with Gasteiger partial charge in [0.1, 0.15) is 11.9 Å². The minimum atomic E-state index is -0.768. The van der Waals surface area contributed by atoms with Crippen molar-refractivity contribution in [3.8, 4) is 5.75 Å². The van der Waals surface area contributed by atoms with Gasteiger partial charge in [-0.3, -0.25) is 14.5 Å². The molecular formula is C26H27N3O4. The first-order chi connectivity index (χ1) is 16.0. The number of amides is 4. The van der Waals surface area contributed by atoms with Crippen LogP contribution in [0.3, 0.4) is 0 Å². The average Bonchev–Trinajstić information content (AvgIpc) is 3.13. The number of carbonyl (C=O) groups excluding carboxylic acids is 3. The third kappa shape index (κ3) is 3.99. The highest BCUT2D eigenvalue weighted by Crippen LogP contribution is 2.50. The maximum Gasteiger partial charge on any atom is 0.320 e. The standard InChI is InChI=1S/C26H27N3O4/c1-33-20-13-11-19(12-14-20)27-26(32)28-21(15-16-5-3-2-4-6-16)29-24(30)22-17-7-8-18(10-9-17)23(22)25(29)31/h2-8,11-14,17-18,21-23H,9-10,15H2,1H3,(H2,27,28,32)/t17-,18-,21-,22-,23+/m0/s1. The summed E-state index contributed by atoms with van der Waals surface area (Å²) in [5, 5.41) is 5.68. The highest BCUT2D eigenvalue weighted by atomic mass is 16.5. The van der Waals surface area contributed by atoms with Gasteiger partial charge in [-0.25, -0.2) is 4.79 Å². The molecule has 4 aliphatic rings. The molecule has 1 heterocycles. The average molecular weight is 446 g/mol. The summed E-state index contributed by atoms with van der Waals surface area (Å²) in [6.07, 6.45) is 5.64. The van der Waals surface area contributed by atoms with Gasteiger partial charge in [0.15, 0.2) is 0 Å². The van der Waals surface area contributed by atoms with E-state index < -0.39 is 12.2 Å². The van der Waals surface area contributed by atoms with Gasteiger partial charge in [-0.15, -0.1) is 0 Å². The number of ether oxygens (including phenoxy) is 1. The number of likely N-dealkylation sites (tertiary alicyclic amines) is 1. The lowest BCUT2D eigenvalue weighted by Gasteiger charge is -2.38. The second-order valence-corrected chi connectivity index (χ2v) is 8.92. The molecule has 7 nitrogen and oxygen atoms in total. The van der Waals surface area contributed by atoms with Gasteiger partial charge in [-0.2, -0.15) is 0 Å². The summed E-state index contributed by atoms with van der Waals surface area (Å²) in [6, 6.07) is 16.1.